The van der Waals surface area contributed by atoms with Crippen molar-refractivity contribution >= 4 is 29.4 Å². The molecule has 2 heterocycles. The number of rotatable bonds is 3. The molecule has 0 spiro atoms. The van der Waals surface area contributed by atoms with Crippen molar-refractivity contribution < 1.29 is 4.79 Å². The average Bonchev–Trinajstić information content (AvgIpc) is 2.60. The molecule has 2 aliphatic rings. The van der Waals surface area contributed by atoms with Gasteiger partial charge in [0, 0.05) is 11.4 Å². The van der Waals surface area contributed by atoms with Gasteiger partial charge in [-0.05, 0) is 29.9 Å². The van der Waals surface area contributed by atoms with Gasteiger partial charge in [-0.15, -0.1) is 23.5 Å². The highest BCUT2D eigenvalue weighted by atomic mass is 32.2. The predicted octanol–water partition coefficient (Wildman–Crippen LogP) is 3.98. The zero-order chi connectivity index (χ0) is 15.0. The third-order valence-electron chi connectivity index (χ3n) is 4.28. The number of carbonyl (C=O) groups excluding carboxylic acids is 1. The van der Waals surface area contributed by atoms with Crippen LogP contribution in [0.15, 0.2) is 65.6 Å². The summed E-state index contributed by atoms with van der Waals surface area (Å²) in [6.07, 6.45) is 1.09. The van der Waals surface area contributed by atoms with Gasteiger partial charge in [0.1, 0.15) is 10.1 Å². The third kappa shape index (κ3) is 2.09. The fourth-order valence-electron chi connectivity index (χ4n) is 3.26. The SMILES string of the molecule is O=C1[C@H](Sc2ccccc2)[C@@]2(c3ccccc3)SCCCN12. The summed E-state index contributed by atoms with van der Waals surface area (Å²) in [4.78, 5) is 15.7. The number of hydrogen-bond acceptors (Lipinski definition) is 3. The molecular formula is C18H17NOS2. The lowest BCUT2D eigenvalue weighted by Gasteiger charge is -2.59. The van der Waals surface area contributed by atoms with Gasteiger partial charge >= 0.3 is 0 Å². The molecule has 0 bridgehead atoms. The molecule has 112 valence electrons. The molecule has 2 nitrogen and oxygen atoms in total. The zero-order valence-electron chi connectivity index (χ0n) is 12.1. The summed E-state index contributed by atoms with van der Waals surface area (Å²) in [5, 5.41) is -0.0254. The minimum absolute atomic E-state index is 0.0254. The van der Waals surface area contributed by atoms with Crippen LogP contribution in [0.3, 0.4) is 0 Å². The Labute approximate surface area is 139 Å². The highest BCUT2D eigenvalue weighted by Crippen LogP contribution is 2.58. The van der Waals surface area contributed by atoms with Crippen molar-refractivity contribution in [2.45, 2.75) is 21.4 Å². The van der Waals surface area contributed by atoms with Crippen molar-refractivity contribution in [1.82, 2.24) is 4.90 Å². The van der Waals surface area contributed by atoms with E-state index in [1.807, 2.05) is 36.0 Å². The summed E-state index contributed by atoms with van der Waals surface area (Å²) in [5.41, 5.74) is 1.26. The van der Waals surface area contributed by atoms with E-state index in [0.29, 0.717) is 0 Å². The molecule has 4 rings (SSSR count). The number of nitrogens with zero attached hydrogens (tertiary/aromatic N) is 1. The fourth-order valence-corrected chi connectivity index (χ4v) is 6.32. The maximum atomic E-state index is 12.7. The van der Waals surface area contributed by atoms with Crippen LogP contribution in [0.1, 0.15) is 12.0 Å². The molecule has 2 saturated heterocycles. The second-order valence-corrected chi connectivity index (χ2v) is 8.06. The molecule has 2 aromatic rings. The van der Waals surface area contributed by atoms with Gasteiger partial charge in [0.05, 0.1) is 0 Å². The van der Waals surface area contributed by atoms with E-state index in [1.165, 1.54) is 10.5 Å². The van der Waals surface area contributed by atoms with Crippen molar-refractivity contribution in [3.05, 3.63) is 66.2 Å². The Kier molecular flexibility index (Phi) is 3.66. The lowest BCUT2D eigenvalue weighted by molar-refractivity contribution is -0.148. The first-order chi connectivity index (χ1) is 10.8. The molecule has 0 unspecified atom stereocenters. The Morgan fingerprint density at radius 2 is 1.73 bits per heavy atom. The van der Waals surface area contributed by atoms with Crippen LogP contribution in [0, 0.1) is 0 Å². The van der Waals surface area contributed by atoms with Crippen LogP contribution in [0.2, 0.25) is 0 Å². The minimum atomic E-state index is -0.183. The first-order valence-corrected chi connectivity index (χ1v) is 9.41. The van der Waals surface area contributed by atoms with Crippen molar-refractivity contribution in [2.24, 2.45) is 0 Å². The second kappa shape index (κ2) is 5.67. The minimum Gasteiger partial charge on any atom is -0.321 e. The van der Waals surface area contributed by atoms with Gasteiger partial charge in [0.25, 0.3) is 0 Å². The summed E-state index contributed by atoms with van der Waals surface area (Å²) in [7, 11) is 0. The highest BCUT2D eigenvalue weighted by Gasteiger charge is 2.62. The van der Waals surface area contributed by atoms with E-state index in [2.05, 4.69) is 41.3 Å². The van der Waals surface area contributed by atoms with E-state index in [0.717, 1.165) is 18.7 Å². The Morgan fingerprint density at radius 1 is 1.05 bits per heavy atom. The van der Waals surface area contributed by atoms with Gasteiger partial charge in [0.15, 0.2) is 0 Å². The monoisotopic (exact) mass is 327 g/mol. The summed E-state index contributed by atoms with van der Waals surface area (Å²) in [6, 6.07) is 20.8. The summed E-state index contributed by atoms with van der Waals surface area (Å²) < 4.78 is 0. The molecule has 0 aliphatic carbocycles. The number of fused-ring (bicyclic) bond motifs is 1. The van der Waals surface area contributed by atoms with Crippen LogP contribution in [0.5, 0.6) is 0 Å². The van der Waals surface area contributed by atoms with E-state index in [4.69, 9.17) is 0 Å². The lowest BCUT2D eigenvalue weighted by atomic mass is 9.91. The summed E-state index contributed by atoms with van der Waals surface area (Å²) in [5.74, 6) is 1.40. The van der Waals surface area contributed by atoms with Crippen LogP contribution >= 0.6 is 23.5 Å². The molecule has 1 amide bonds. The predicted molar refractivity (Wildman–Crippen MR) is 93.0 cm³/mol. The molecule has 0 N–H and O–H groups in total. The number of hydrogen-bond donors (Lipinski definition) is 0. The fraction of sp³-hybridized carbons (Fsp3) is 0.278. The molecular weight excluding hydrogens is 310 g/mol. The molecule has 4 heteroatoms. The molecule has 2 aromatic carbocycles. The number of β-lactam (4-membered cyclic amide) rings is 1. The number of amides is 1. The molecule has 2 aliphatic heterocycles. The quantitative estimate of drug-likeness (QED) is 0.795. The smallest absolute Gasteiger partial charge is 0.241 e. The second-order valence-electron chi connectivity index (χ2n) is 5.57. The van der Waals surface area contributed by atoms with Crippen molar-refractivity contribution in [3.63, 3.8) is 0 Å². The topological polar surface area (TPSA) is 20.3 Å². The Morgan fingerprint density at radius 3 is 2.45 bits per heavy atom. The average molecular weight is 327 g/mol. The van der Waals surface area contributed by atoms with Gasteiger partial charge in [0.2, 0.25) is 5.91 Å². The van der Waals surface area contributed by atoms with Gasteiger partial charge in [-0.2, -0.15) is 0 Å². The van der Waals surface area contributed by atoms with Gasteiger partial charge < -0.3 is 4.90 Å². The number of benzene rings is 2. The molecule has 22 heavy (non-hydrogen) atoms. The van der Waals surface area contributed by atoms with Crippen molar-refractivity contribution in [3.8, 4) is 0 Å². The van der Waals surface area contributed by atoms with Crippen LogP contribution in [0.4, 0.5) is 0 Å². The van der Waals surface area contributed by atoms with Gasteiger partial charge in [-0.25, -0.2) is 0 Å². The Hall–Kier alpha value is -1.39. The highest BCUT2D eigenvalue weighted by molar-refractivity contribution is 8.04. The van der Waals surface area contributed by atoms with Crippen LogP contribution < -0.4 is 0 Å². The van der Waals surface area contributed by atoms with Gasteiger partial charge in [-0.3, -0.25) is 4.79 Å². The van der Waals surface area contributed by atoms with Crippen LogP contribution in [-0.2, 0) is 9.67 Å². The largest absolute Gasteiger partial charge is 0.321 e. The zero-order valence-corrected chi connectivity index (χ0v) is 13.8. The van der Waals surface area contributed by atoms with E-state index >= 15 is 0 Å². The Balaban J connectivity index is 1.72. The van der Waals surface area contributed by atoms with E-state index in [-0.39, 0.29) is 16.0 Å². The number of carbonyl (C=O) groups is 1. The van der Waals surface area contributed by atoms with E-state index < -0.39 is 0 Å². The van der Waals surface area contributed by atoms with Crippen molar-refractivity contribution in [2.75, 3.05) is 12.3 Å². The first-order valence-electron chi connectivity index (χ1n) is 7.55. The molecule has 2 atom stereocenters. The number of thioether (sulfide) groups is 2. The van der Waals surface area contributed by atoms with Crippen molar-refractivity contribution in [1.29, 1.82) is 0 Å². The maximum absolute atomic E-state index is 12.7. The molecule has 2 fully saturated rings. The van der Waals surface area contributed by atoms with Crippen LogP contribution in [-0.4, -0.2) is 28.4 Å². The normalized spacial score (nSPS) is 27.2. The van der Waals surface area contributed by atoms with E-state index in [1.54, 1.807) is 11.8 Å². The lowest BCUT2D eigenvalue weighted by Crippen LogP contribution is -2.70. The molecule has 0 saturated carbocycles. The van der Waals surface area contributed by atoms with Gasteiger partial charge in [-0.1, -0.05) is 48.5 Å². The molecule has 0 aromatic heterocycles. The third-order valence-corrected chi connectivity index (χ3v) is 7.38. The standard InChI is InChI=1S/C18H17NOS2/c20-17-16(22-15-10-5-2-6-11-15)18(14-8-3-1-4-9-14)19(17)12-7-13-21-18/h1-6,8-11,16H,7,12-13H2/t16-,18+/m0/s1. The maximum Gasteiger partial charge on any atom is 0.241 e. The first kappa shape index (κ1) is 14.2. The summed E-state index contributed by atoms with van der Waals surface area (Å²) >= 11 is 3.63. The van der Waals surface area contributed by atoms with E-state index in [9.17, 15) is 4.79 Å². The Bertz CT molecular complexity index is 676. The van der Waals surface area contributed by atoms with Crippen LogP contribution in [0.25, 0.3) is 0 Å². The summed E-state index contributed by atoms with van der Waals surface area (Å²) in [6.45, 7) is 0.882. The molecule has 0 radical (unpaired) electrons.